The van der Waals surface area contributed by atoms with Gasteiger partial charge in [-0.05, 0) is 36.6 Å². The Balaban J connectivity index is 1.74. The predicted octanol–water partition coefficient (Wildman–Crippen LogP) is 2.42. The van der Waals surface area contributed by atoms with Gasteiger partial charge in [0.1, 0.15) is 10.6 Å². The Hall–Kier alpha value is -2.54. The molecule has 3 aromatic rings. The van der Waals surface area contributed by atoms with Crippen molar-refractivity contribution < 1.29 is 9.18 Å². The molecule has 0 saturated carbocycles. The molecule has 2 heterocycles. The summed E-state index contributed by atoms with van der Waals surface area (Å²) in [5.41, 5.74) is 1.45. The molecule has 0 bridgehead atoms. The van der Waals surface area contributed by atoms with Crippen LogP contribution in [0, 0.1) is 12.7 Å². The van der Waals surface area contributed by atoms with Crippen LogP contribution in [0.25, 0.3) is 10.2 Å². The number of halogens is 1. The lowest BCUT2D eigenvalue weighted by Gasteiger charge is -2.05. The Labute approximate surface area is 141 Å². The van der Waals surface area contributed by atoms with Gasteiger partial charge in [0.25, 0.3) is 11.5 Å². The van der Waals surface area contributed by atoms with Crippen molar-refractivity contribution in [2.75, 3.05) is 6.54 Å². The maximum Gasteiger partial charge on any atom is 0.262 e. The standard InChI is InChI=1S/C17H16FN3O2S/c1-10-13-16(20-9-21(2)17(13)23)24-14(10)15(22)19-8-7-11-3-5-12(18)6-4-11/h3-6,9H,7-8H2,1-2H3,(H,19,22). The summed E-state index contributed by atoms with van der Waals surface area (Å²) in [5, 5.41) is 3.33. The highest BCUT2D eigenvalue weighted by Crippen LogP contribution is 2.26. The summed E-state index contributed by atoms with van der Waals surface area (Å²) in [6.07, 6.45) is 2.06. The van der Waals surface area contributed by atoms with Gasteiger partial charge in [0.2, 0.25) is 0 Å². The molecule has 0 spiro atoms. The number of thiophene rings is 1. The second-order valence-electron chi connectivity index (χ2n) is 5.53. The number of benzene rings is 1. The first-order chi connectivity index (χ1) is 11.5. The van der Waals surface area contributed by atoms with Crippen molar-refractivity contribution in [3.8, 4) is 0 Å². The maximum absolute atomic E-state index is 12.9. The first-order valence-electron chi connectivity index (χ1n) is 7.44. The van der Waals surface area contributed by atoms with Gasteiger partial charge in [-0.15, -0.1) is 11.3 Å². The van der Waals surface area contributed by atoms with Crippen LogP contribution in [0.1, 0.15) is 20.8 Å². The van der Waals surface area contributed by atoms with Crippen LogP contribution >= 0.6 is 11.3 Å². The molecule has 0 unspecified atom stereocenters. The quantitative estimate of drug-likeness (QED) is 0.790. The van der Waals surface area contributed by atoms with Gasteiger partial charge in [0.05, 0.1) is 16.6 Å². The van der Waals surface area contributed by atoms with Gasteiger partial charge in [-0.3, -0.25) is 9.59 Å². The fourth-order valence-electron chi connectivity index (χ4n) is 2.48. The molecule has 0 radical (unpaired) electrons. The van der Waals surface area contributed by atoms with Crippen molar-refractivity contribution >= 4 is 27.5 Å². The fraction of sp³-hybridized carbons (Fsp3) is 0.235. The van der Waals surface area contributed by atoms with E-state index >= 15 is 0 Å². The highest BCUT2D eigenvalue weighted by Gasteiger charge is 2.18. The molecule has 0 aliphatic heterocycles. The number of carbonyl (C=O) groups is 1. The van der Waals surface area contributed by atoms with E-state index in [2.05, 4.69) is 10.3 Å². The molecule has 1 amide bonds. The number of nitrogens with one attached hydrogen (secondary N) is 1. The highest BCUT2D eigenvalue weighted by molar-refractivity contribution is 7.20. The lowest BCUT2D eigenvalue weighted by atomic mass is 10.1. The number of amides is 1. The van der Waals surface area contributed by atoms with E-state index < -0.39 is 0 Å². The van der Waals surface area contributed by atoms with Crippen LogP contribution in [0.5, 0.6) is 0 Å². The van der Waals surface area contributed by atoms with Crippen molar-refractivity contribution in [3.05, 3.63) is 62.8 Å². The van der Waals surface area contributed by atoms with Crippen molar-refractivity contribution in [2.24, 2.45) is 7.05 Å². The Morgan fingerprint density at radius 3 is 2.75 bits per heavy atom. The second kappa shape index (κ2) is 6.52. The van der Waals surface area contributed by atoms with E-state index in [-0.39, 0.29) is 17.3 Å². The summed E-state index contributed by atoms with van der Waals surface area (Å²) in [5.74, 6) is -0.502. The van der Waals surface area contributed by atoms with Crippen LogP contribution in [-0.4, -0.2) is 22.0 Å². The number of hydrogen-bond acceptors (Lipinski definition) is 4. The first kappa shape index (κ1) is 16.3. The van der Waals surface area contributed by atoms with E-state index in [1.54, 1.807) is 26.1 Å². The van der Waals surface area contributed by atoms with Gasteiger partial charge >= 0.3 is 0 Å². The predicted molar refractivity (Wildman–Crippen MR) is 92.0 cm³/mol. The molecule has 24 heavy (non-hydrogen) atoms. The summed E-state index contributed by atoms with van der Waals surface area (Å²) in [4.78, 5) is 29.8. The molecular weight excluding hydrogens is 329 g/mol. The van der Waals surface area contributed by atoms with Gasteiger partial charge in [-0.25, -0.2) is 9.37 Å². The molecular formula is C17H16FN3O2S. The largest absolute Gasteiger partial charge is 0.351 e. The average molecular weight is 345 g/mol. The van der Waals surface area contributed by atoms with Gasteiger partial charge in [-0.2, -0.15) is 0 Å². The number of fused-ring (bicyclic) bond motifs is 1. The lowest BCUT2D eigenvalue weighted by Crippen LogP contribution is -2.25. The van der Waals surface area contributed by atoms with Gasteiger partial charge in [-0.1, -0.05) is 12.1 Å². The molecule has 2 aromatic heterocycles. The van der Waals surface area contributed by atoms with E-state index in [1.165, 1.54) is 34.4 Å². The molecule has 5 nitrogen and oxygen atoms in total. The smallest absolute Gasteiger partial charge is 0.262 e. The molecule has 0 atom stereocenters. The van der Waals surface area contributed by atoms with Crippen LogP contribution in [0.2, 0.25) is 0 Å². The zero-order chi connectivity index (χ0) is 17.3. The summed E-state index contributed by atoms with van der Waals surface area (Å²) in [7, 11) is 1.63. The zero-order valence-electron chi connectivity index (χ0n) is 13.3. The van der Waals surface area contributed by atoms with Gasteiger partial charge in [0.15, 0.2) is 0 Å². The topological polar surface area (TPSA) is 64.0 Å². The monoisotopic (exact) mass is 345 g/mol. The van der Waals surface area contributed by atoms with Crippen LogP contribution in [0.3, 0.4) is 0 Å². The Kier molecular flexibility index (Phi) is 4.44. The highest BCUT2D eigenvalue weighted by atomic mass is 32.1. The molecule has 3 rings (SSSR count). The summed E-state index contributed by atoms with van der Waals surface area (Å²) < 4.78 is 14.3. The van der Waals surface area contributed by atoms with E-state index in [4.69, 9.17) is 0 Å². The number of hydrogen-bond donors (Lipinski definition) is 1. The van der Waals surface area contributed by atoms with Crippen LogP contribution < -0.4 is 10.9 Å². The van der Waals surface area contributed by atoms with Crippen LogP contribution in [0.4, 0.5) is 4.39 Å². The molecule has 0 fully saturated rings. The first-order valence-corrected chi connectivity index (χ1v) is 8.26. The van der Waals surface area contributed by atoms with Gasteiger partial charge in [0, 0.05) is 13.6 Å². The molecule has 1 aromatic carbocycles. The maximum atomic E-state index is 12.9. The minimum atomic E-state index is -0.280. The third kappa shape index (κ3) is 3.07. The van der Waals surface area contributed by atoms with Crippen molar-refractivity contribution in [3.63, 3.8) is 0 Å². The Bertz CT molecular complexity index is 960. The Morgan fingerprint density at radius 2 is 2.04 bits per heavy atom. The molecule has 124 valence electrons. The van der Waals surface area contributed by atoms with E-state index in [9.17, 15) is 14.0 Å². The molecule has 0 aliphatic rings. The number of carbonyl (C=O) groups excluding carboxylic acids is 1. The SMILES string of the molecule is Cc1c(C(=O)NCCc2ccc(F)cc2)sc2ncn(C)c(=O)c12. The van der Waals surface area contributed by atoms with E-state index in [0.717, 1.165) is 5.56 Å². The van der Waals surface area contributed by atoms with Crippen molar-refractivity contribution in [1.82, 2.24) is 14.9 Å². The zero-order valence-corrected chi connectivity index (χ0v) is 14.1. The summed E-state index contributed by atoms with van der Waals surface area (Å²) >= 11 is 1.22. The third-order valence-electron chi connectivity index (χ3n) is 3.83. The van der Waals surface area contributed by atoms with E-state index in [0.29, 0.717) is 33.6 Å². The van der Waals surface area contributed by atoms with E-state index in [1.807, 2.05) is 0 Å². The Morgan fingerprint density at radius 1 is 1.33 bits per heavy atom. The molecule has 0 aliphatic carbocycles. The van der Waals surface area contributed by atoms with Crippen LogP contribution in [-0.2, 0) is 13.5 Å². The minimum absolute atomic E-state index is 0.154. The third-order valence-corrected chi connectivity index (χ3v) is 5.03. The van der Waals surface area contributed by atoms with Crippen molar-refractivity contribution in [2.45, 2.75) is 13.3 Å². The molecule has 1 N–H and O–H groups in total. The molecule has 7 heteroatoms. The minimum Gasteiger partial charge on any atom is -0.351 e. The lowest BCUT2D eigenvalue weighted by molar-refractivity contribution is 0.0957. The number of rotatable bonds is 4. The van der Waals surface area contributed by atoms with Crippen LogP contribution in [0.15, 0.2) is 35.4 Å². The number of nitrogens with zero attached hydrogens (tertiary/aromatic N) is 2. The second-order valence-corrected chi connectivity index (χ2v) is 6.53. The number of aromatic nitrogens is 2. The average Bonchev–Trinajstić information content (AvgIpc) is 2.90. The summed E-state index contributed by atoms with van der Waals surface area (Å²) in [6.45, 7) is 2.19. The number of aryl methyl sites for hydroxylation is 2. The summed E-state index contributed by atoms with van der Waals surface area (Å²) in [6, 6.07) is 6.18. The van der Waals surface area contributed by atoms with Crippen molar-refractivity contribution in [1.29, 1.82) is 0 Å². The fourth-order valence-corrected chi connectivity index (χ4v) is 3.53. The normalized spacial score (nSPS) is 11.0. The van der Waals surface area contributed by atoms with Gasteiger partial charge < -0.3 is 9.88 Å². The molecule has 0 saturated heterocycles.